The Morgan fingerprint density at radius 1 is 1.25 bits per heavy atom. The summed E-state index contributed by atoms with van der Waals surface area (Å²) in [7, 11) is 0. The molecule has 1 atom stereocenters. The molecular formula is C21H18N4O3. The van der Waals surface area contributed by atoms with Crippen LogP contribution in [0.3, 0.4) is 0 Å². The first-order valence-electron chi connectivity index (χ1n) is 9.06. The smallest absolute Gasteiger partial charge is 0.227 e. The molecule has 1 unspecified atom stereocenters. The van der Waals surface area contributed by atoms with Crippen LogP contribution in [0.15, 0.2) is 48.5 Å². The van der Waals surface area contributed by atoms with Crippen molar-refractivity contribution in [3.8, 4) is 11.8 Å². The Bertz CT molecular complexity index is 1030. The predicted octanol–water partition coefficient (Wildman–Crippen LogP) is 2.94. The summed E-state index contributed by atoms with van der Waals surface area (Å²) in [5, 5.41) is 9.43. The third kappa shape index (κ3) is 3.45. The lowest BCUT2D eigenvalue weighted by molar-refractivity contribution is -0.121. The number of nitrogens with one attached hydrogen (secondary N) is 1. The molecule has 0 saturated carbocycles. The Morgan fingerprint density at radius 2 is 2.04 bits per heavy atom. The number of anilines is 1. The summed E-state index contributed by atoms with van der Waals surface area (Å²) in [6.45, 7) is 0.482. The number of rotatable bonds is 6. The van der Waals surface area contributed by atoms with E-state index in [1.807, 2.05) is 30.3 Å². The highest BCUT2D eigenvalue weighted by molar-refractivity contribution is 5.95. The molecule has 1 amide bonds. The number of fused-ring (bicyclic) bond motifs is 1. The van der Waals surface area contributed by atoms with E-state index in [1.165, 1.54) is 0 Å². The zero-order chi connectivity index (χ0) is 19.5. The molecule has 140 valence electrons. The highest BCUT2D eigenvalue weighted by Crippen LogP contribution is 2.24. The molecule has 0 aliphatic carbocycles. The molecule has 1 aromatic heterocycles. The quantitative estimate of drug-likeness (QED) is 0.715. The van der Waals surface area contributed by atoms with E-state index in [-0.39, 0.29) is 18.3 Å². The number of ketones is 1. The van der Waals surface area contributed by atoms with E-state index in [0.717, 1.165) is 24.2 Å². The standard InChI is InChI=1S/C21H18N4O3/c22-12-16(21-23-17-4-1-2-5-18(17)24-21)19(26)13-28-15-9-7-14(8-10-15)25-11-3-6-20(25)27/h1-2,4-5,7-10,16H,3,6,11,13H2,(H,23,24). The number of carbonyl (C=O) groups excluding carboxylic acids is 2. The molecule has 1 saturated heterocycles. The number of aromatic nitrogens is 2. The predicted molar refractivity (Wildman–Crippen MR) is 103 cm³/mol. The van der Waals surface area contributed by atoms with Crippen molar-refractivity contribution in [1.29, 1.82) is 5.26 Å². The number of hydrogen-bond acceptors (Lipinski definition) is 5. The number of ether oxygens (including phenoxy) is 1. The first-order valence-corrected chi connectivity index (χ1v) is 9.06. The van der Waals surface area contributed by atoms with Gasteiger partial charge in [0.05, 0.1) is 17.1 Å². The van der Waals surface area contributed by atoms with Crippen molar-refractivity contribution in [2.45, 2.75) is 18.8 Å². The highest BCUT2D eigenvalue weighted by Gasteiger charge is 2.24. The first kappa shape index (κ1) is 17.7. The highest BCUT2D eigenvalue weighted by atomic mass is 16.5. The summed E-state index contributed by atoms with van der Waals surface area (Å²) >= 11 is 0. The van der Waals surface area contributed by atoms with E-state index in [2.05, 4.69) is 9.97 Å². The topological polar surface area (TPSA) is 99.1 Å². The van der Waals surface area contributed by atoms with Gasteiger partial charge in [0.25, 0.3) is 0 Å². The molecule has 3 aromatic rings. The van der Waals surface area contributed by atoms with Gasteiger partial charge in [0.1, 0.15) is 18.2 Å². The van der Waals surface area contributed by atoms with Crippen LogP contribution in [-0.4, -0.2) is 34.8 Å². The van der Waals surface area contributed by atoms with Gasteiger partial charge in [-0.25, -0.2) is 4.98 Å². The minimum Gasteiger partial charge on any atom is -0.486 e. The summed E-state index contributed by atoms with van der Waals surface area (Å²) < 4.78 is 5.54. The minimum absolute atomic E-state index is 0.117. The average Bonchev–Trinajstić information content (AvgIpc) is 3.33. The van der Waals surface area contributed by atoms with Gasteiger partial charge in [-0.1, -0.05) is 12.1 Å². The van der Waals surface area contributed by atoms with Gasteiger partial charge in [0.15, 0.2) is 11.7 Å². The Labute approximate surface area is 161 Å². The number of H-pyrrole nitrogens is 1. The van der Waals surface area contributed by atoms with Crippen molar-refractivity contribution in [2.24, 2.45) is 0 Å². The molecule has 7 heteroatoms. The Morgan fingerprint density at radius 3 is 2.71 bits per heavy atom. The molecule has 0 radical (unpaired) electrons. The van der Waals surface area contributed by atoms with Crippen molar-refractivity contribution in [3.05, 3.63) is 54.4 Å². The second-order valence-corrected chi connectivity index (χ2v) is 6.60. The van der Waals surface area contributed by atoms with Crippen molar-refractivity contribution in [3.63, 3.8) is 0 Å². The number of aromatic amines is 1. The number of carbonyl (C=O) groups is 2. The van der Waals surface area contributed by atoms with Crippen LogP contribution in [0.5, 0.6) is 5.75 Å². The van der Waals surface area contributed by atoms with E-state index in [0.29, 0.717) is 23.5 Å². The molecule has 28 heavy (non-hydrogen) atoms. The van der Waals surface area contributed by atoms with Crippen LogP contribution in [0.2, 0.25) is 0 Å². The minimum atomic E-state index is -1.02. The van der Waals surface area contributed by atoms with E-state index in [4.69, 9.17) is 4.74 Å². The van der Waals surface area contributed by atoms with Gasteiger partial charge in [-0.2, -0.15) is 5.26 Å². The lowest BCUT2D eigenvalue weighted by Gasteiger charge is -2.16. The second-order valence-electron chi connectivity index (χ2n) is 6.60. The van der Waals surface area contributed by atoms with Gasteiger partial charge in [-0.3, -0.25) is 9.59 Å². The Balaban J connectivity index is 1.41. The zero-order valence-electron chi connectivity index (χ0n) is 15.1. The molecule has 1 fully saturated rings. The van der Waals surface area contributed by atoms with Crippen LogP contribution in [-0.2, 0) is 9.59 Å². The average molecular weight is 374 g/mol. The summed E-state index contributed by atoms with van der Waals surface area (Å²) in [6.07, 6.45) is 1.44. The van der Waals surface area contributed by atoms with E-state index >= 15 is 0 Å². The fraction of sp³-hybridized carbons (Fsp3) is 0.238. The molecule has 2 aromatic carbocycles. The third-order valence-electron chi connectivity index (χ3n) is 4.74. The summed E-state index contributed by atoms with van der Waals surface area (Å²) in [4.78, 5) is 33.4. The molecule has 0 bridgehead atoms. The first-order chi connectivity index (χ1) is 13.7. The number of amides is 1. The molecule has 1 N–H and O–H groups in total. The molecule has 0 spiro atoms. The van der Waals surface area contributed by atoms with Crippen LogP contribution < -0.4 is 9.64 Å². The number of hydrogen-bond donors (Lipinski definition) is 1. The monoisotopic (exact) mass is 374 g/mol. The number of para-hydroxylation sites is 2. The lowest BCUT2D eigenvalue weighted by atomic mass is 10.1. The van der Waals surface area contributed by atoms with E-state index in [9.17, 15) is 14.9 Å². The fourth-order valence-corrected chi connectivity index (χ4v) is 3.28. The Kier molecular flexibility index (Phi) is 4.77. The number of Topliss-reactive ketones (excluding diaryl/α,β-unsaturated/α-hetero) is 1. The molecule has 7 nitrogen and oxygen atoms in total. The van der Waals surface area contributed by atoms with Gasteiger partial charge < -0.3 is 14.6 Å². The van der Waals surface area contributed by atoms with Crippen LogP contribution in [0, 0.1) is 11.3 Å². The van der Waals surface area contributed by atoms with Gasteiger partial charge in [-0.15, -0.1) is 0 Å². The zero-order valence-corrected chi connectivity index (χ0v) is 15.1. The molecule has 4 rings (SSSR count). The van der Waals surface area contributed by atoms with Crippen molar-refractivity contribution in [2.75, 3.05) is 18.1 Å². The molecular weight excluding hydrogens is 356 g/mol. The van der Waals surface area contributed by atoms with E-state index < -0.39 is 5.92 Å². The largest absolute Gasteiger partial charge is 0.486 e. The summed E-state index contributed by atoms with van der Waals surface area (Å²) in [5.41, 5.74) is 2.30. The maximum absolute atomic E-state index is 12.5. The number of imidazole rings is 1. The van der Waals surface area contributed by atoms with Crippen molar-refractivity contribution >= 4 is 28.4 Å². The number of nitriles is 1. The maximum Gasteiger partial charge on any atom is 0.227 e. The molecule has 1 aliphatic rings. The van der Waals surface area contributed by atoms with Crippen LogP contribution in [0.4, 0.5) is 5.69 Å². The van der Waals surface area contributed by atoms with Gasteiger partial charge in [-0.05, 0) is 42.8 Å². The Hall–Kier alpha value is -3.66. The van der Waals surface area contributed by atoms with Gasteiger partial charge in [0, 0.05) is 18.7 Å². The number of benzene rings is 2. The van der Waals surface area contributed by atoms with Gasteiger partial charge >= 0.3 is 0 Å². The SMILES string of the molecule is N#CC(C(=O)COc1ccc(N2CCCC2=O)cc1)c1nc2ccccc2[nH]1. The lowest BCUT2D eigenvalue weighted by Crippen LogP contribution is -2.23. The third-order valence-corrected chi connectivity index (χ3v) is 4.74. The van der Waals surface area contributed by atoms with Gasteiger partial charge in [0.2, 0.25) is 5.91 Å². The normalized spacial score (nSPS) is 14.8. The summed E-state index contributed by atoms with van der Waals surface area (Å²) in [6, 6.07) is 16.4. The summed E-state index contributed by atoms with van der Waals surface area (Å²) in [5.74, 6) is -0.453. The van der Waals surface area contributed by atoms with Crippen LogP contribution >= 0.6 is 0 Å². The molecule has 2 heterocycles. The maximum atomic E-state index is 12.5. The van der Waals surface area contributed by atoms with Crippen molar-refractivity contribution in [1.82, 2.24) is 9.97 Å². The fourth-order valence-electron chi connectivity index (χ4n) is 3.28. The number of nitrogens with zero attached hydrogens (tertiary/aromatic N) is 3. The van der Waals surface area contributed by atoms with Crippen LogP contribution in [0.25, 0.3) is 11.0 Å². The second kappa shape index (κ2) is 7.53. The van der Waals surface area contributed by atoms with E-state index in [1.54, 1.807) is 29.2 Å². The molecule has 1 aliphatic heterocycles. The van der Waals surface area contributed by atoms with Crippen LogP contribution in [0.1, 0.15) is 24.6 Å². The van der Waals surface area contributed by atoms with Crippen molar-refractivity contribution < 1.29 is 14.3 Å².